The number of nitrogens with one attached hydrogen (secondary N) is 2. The average Bonchev–Trinajstić information content (AvgIpc) is 2.99. The fourth-order valence-corrected chi connectivity index (χ4v) is 4.48. The second-order valence-electron chi connectivity index (χ2n) is 6.68. The van der Waals surface area contributed by atoms with Crippen LogP contribution in [0.1, 0.15) is 51.9 Å². The molecule has 2 bridgehead atoms. The lowest BCUT2D eigenvalue weighted by atomic mass is 9.84. The van der Waals surface area contributed by atoms with E-state index in [9.17, 15) is 0 Å². The Kier molecular flexibility index (Phi) is 3.72. The van der Waals surface area contributed by atoms with Gasteiger partial charge in [-0.15, -0.1) is 0 Å². The van der Waals surface area contributed by atoms with Crippen molar-refractivity contribution < 1.29 is 0 Å². The van der Waals surface area contributed by atoms with Crippen LogP contribution in [-0.4, -0.2) is 25.2 Å². The Labute approximate surface area is 106 Å². The van der Waals surface area contributed by atoms with Crippen molar-refractivity contribution in [3.8, 4) is 0 Å². The van der Waals surface area contributed by atoms with E-state index in [2.05, 4.69) is 17.6 Å². The molecule has 3 rings (SSSR count). The van der Waals surface area contributed by atoms with Gasteiger partial charge in [0, 0.05) is 18.6 Å². The number of hydrogen-bond acceptors (Lipinski definition) is 2. The second-order valence-corrected chi connectivity index (χ2v) is 6.68. The maximum Gasteiger partial charge on any atom is 0.0192 e. The van der Waals surface area contributed by atoms with Crippen molar-refractivity contribution in [1.82, 2.24) is 10.6 Å². The predicted molar refractivity (Wildman–Crippen MR) is 72.0 cm³/mol. The topological polar surface area (TPSA) is 24.1 Å². The standard InChI is InChI=1S/C15H28N2/c1-11(15-9-12-5-6-13(15)8-12)17-10-14-4-2-3-7-16-14/h11-17H,2-10H2,1H3. The van der Waals surface area contributed by atoms with Gasteiger partial charge in [0.15, 0.2) is 0 Å². The number of piperidine rings is 1. The lowest BCUT2D eigenvalue weighted by Crippen LogP contribution is -2.46. The van der Waals surface area contributed by atoms with E-state index in [-0.39, 0.29) is 0 Å². The number of hydrogen-bond donors (Lipinski definition) is 2. The first-order chi connectivity index (χ1) is 8.33. The first-order valence-corrected chi connectivity index (χ1v) is 7.79. The Hall–Kier alpha value is -0.0800. The van der Waals surface area contributed by atoms with Crippen molar-refractivity contribution in [3.05, 3.63) is 0 Å². The van der Waals surface area contributed by atoms with Crippen molar-refractivity contribution in [1.29, 1.82) is 0 Å². The molecule has 0 aromatic rings. The van der Waals surface area contributed by atoms with Gasteiger partial charge < -0.3 is 10.6 Å². The first kappa shape index (κ1) is 12.0. The average molecular weight is 236 g/mol. The van der Waals surface area contributed by atoms with Gasteiger partial charge in [-0.25, -0.2) is 0 Å². The Bertz CT molecular complexity index is 247. The normalized spacial score (nSPS) is 42.9. The number of rotatable bonds is 4. The van der Waals surface area contributed by atoms with Gasteiger partial charge in [0.2, 0.25) is 0 Å². The highest BCUT2D eigenvalue weighted by atomic mass is 15.0. The highest BCUT2D eigenvalue weighted by Gasteiger charge is 2.41. The van der Waals surface area contributed by atoms with E-state index in [1.54, 1.807) is 6.42 Å². The molecule has 0 aromatic carbocycles. The minimum Gasteiger partial charge on any atom is -0.313 e. The molecule has 0 amide bonds. The van der Waals surface area contributed by atoms with Gasteiger partial charge in [0.25, 0.3) is 0 Å². The minimum absolute atomic E-state index is 0.741. The molecular formula is C15H28N2. The Morgan fingerprint density at radius 1 is 1.18 bits per heavy atom. The Morgan fingerprint density at radius 3 is 2.76 bits per heavy atom. The van der Waals surface area contributed by atoms with Crippen molar-refractivity contribution >= 4 is 0 Å². The van der Waals surface area contributed by atoms with Crippen LogP contribution < -0.4 is 10.6 Å². The molecular weight excluding hydrogens is 208 g/mol. The smallest absolute Gasteiger partial charge is 0.0192 e. The van der Waals surface area contributed by atoms with Crippen LogP contribution >= 0.6 is 0 Å². The molecule has 1 heterocycles. The van der Waals surface area contributed by atoms with Crippen LogP contribution in [0.15, 0.2) is 0 Å². The van der Waals surface area contributed by atoms with Gasteiger partial charge in [0.05, 0.1) is 0 Å². The monoisotopic (exact) mass is 236 g/mol. The van der Waals surface area contributed by atoms with Gasteiger partial charge in [0.1, 0.15) is 0 Å². The maximum absolute atomic E-state index is 3.82. The van der Waals surface area contributed by atoms with E-state index < -0.39 is 0 Å². The third-order valence-electron chi connectivity index (χ3n) is 5.53. The van der Waals surface area contributed by atoms with E-state index in [1.807, 2.05) is 0 Å². The number of fused-ring (bicyclic) bond motifs is 2. The van der Waals surface area contributed by atoms with Crippen LogP contribution in [0.3, 0.4) is 0 Å². The van der Waals surface area contributed by atoms with Crippen LogP contribution in [0.5, 0.6) is 0 Å². The molecule has 2 aliphatic carbocycles. The zero-order valence-electron chi connectivity index (χ0n) is 11.3. The lowest BCUT2D eigenvalue weighted by molar-refractivity contribution is 0.249. The molecule has 98 valence electrons. The Morgan fingerprint density at radius 2 is 2.12 bits per heavy atom. The molecule has 1 aliphatic heterocycles. The first-order valence-electron chi connectivity index (χ1n) is 7.79. The van der Waals surface area contributed by atoms with Crippen LogP contribution in [0.4, 0.5) is 0 Å². The Balaban J connectivity index is 1.42. The molecule has 2 heteroatoms. The van der Waals surface area contributed by atoms with Gasteiger partial charge in [-0.3, -0.25) is 0 Å². The summed E-state index contributed by atoms with van der Waals surface area (Å²) in [4.78, 5) is 0. The zero-order valence-corrected chi connectivity index (χ0v) is 11.3. The molecule has 1 saturated heterocycles. The molecule has 2 nitrogen and oxygen atoms in total. The highest BCUT2D eigenvalue weighted by Crippen LogP contribution is 2.49. The molecule has 5 unspecified atom stereocenters. The third-order valence-corrected chi connectivity index (χ3v) is 5.53. The van der Waals surface area contributed by atoms with E-state index in [1.165, 1.54) is 51.6 Å². The fraction of sp³-hybridized carbons (Fsp3) is 1.00. The fourth-order valence-electron chi connectivity index (χ4n) is 4.48. The predicted octanol–water partition coefficient (Wildman–Crippen LogP) is 2.54. The van der Waals surface area contributed by atoms with Gasteiger partial charge in [-0.1, -0.05) is 12.8 Å². The SMILES string of the molecule is CC(NCC1CCCCN1)C1CC2CCC1C2. The summed E-state index contributed by atoms with van der Waals surface area (Å²) in [5.74, 6) is 3.13. The maximum atomic E-state index is 3.82. The zero-order chi connectivity index (χ0) is 11.7. The summed E-state index contributed by atoms with van der Waals surface area (Å²) < 4.78 is 0. The third kappa shape index (κ3) is 2.68. The van der Waals surface area contributed by atoms with Gasteiger partial charge in [-0.05, 0) is 63.3 Å². The molecule has 2 saturated carbocycles. The summed E-state index contributed by atoms with van der Waals surface area (Å²) >= 11 is 0. The summed E-state index contributed by atoms with van der Waals surface area (Å²) in [6.07, 6.45) is 10.3. The highest BCUT2D eigenvalue weighted by molar-refractivity contribution is 4.94. The van der Waals surface area contributed by atoms with Crippen molar-refractivity contribution in [2.24, 2.45) is 17.8 Å². The van der Waals surface area contributed by atoms with Gasteiger partial charge in [-0.2, -0.15) is 0 Å². The molecule has 3 fully saturated rings. The van der Waals surface area contributed by atoms with E-state index in [4.69, 9.17) is 0 Å². The summed E-state index contributed by atoms with van der Waals surface area (Å²) in [6, 6.07) is 1.49. The largest absolute Gasteiger partial charge is 0.313 e. The van der Waals surface area contributed by atoms with Crippen molar-refractivity contribution in [2.45, 2.75) is 64.0 Å². The molecule has 0 aromatic heterocycles. The van der Waals surface area contributed by atoms with Crippen LogP contribution in [0, 0.1) is 17.8 Å². The van der Waals surface area contributed by atoms with Crippen LogP contribution in [0.2, 0.25) is 0 Å². The summed E-state index contributed by atoms with van der Waals surface area (Å²) in [5.41, 5.74) is 0. The van der Waals surface area contributed by atoms with Crippen molar-refractivity contribution in [2.75, 3.05) is 13.1 Å². The molecule has 0 radical (unpaired) electrons. The van der Waals surface area contributed by atoms with Crippen LogP contribution in [0.25, 0.3) is 0 Å². The lowest BCUT2D eigenvalue weighted by Gasteiger charge is -2.31. The minimum atomic E-state index is 0.741. The molecule has 3 aliphatic rings. The molecule has 2 N–H and O–H groups in total. The van der Waals surface area contributed by atoms with E-state index >= 15 is 0 Å². The molecule has 17 heavy (non-hydrogen) atoms. The summed E-state index contributed by atoms with van der Waals surface area (Å²) in [7, 11) is 0. The van der Waals surface area contributed by atoms with Gasteiger partial charge >= 0.3 is 0 Å². The van der Waals surface area contributed by atoms with Crippen LogP contribution in [-0.2, 0) is 0 Å². The second kappa shape index (κ2) is 5.27. The summed E-state index contributed by atoms with van der Waals surface area (Å²) in [6.45, 7) is 4.85. The molecule has 0 spiro atoms. The summed E-state index contributed by atoms with van der Waals surface area (Å²) in [5, 5.41) is 7.45. The molecule has 5 atom stereocenters. The van der Waals surface area contributed by atoms with E-state index in [0.717, 1.165) is 29.8 Å². The quantitative estimate of drug-likeness (QED) is 0.784. The van der Waals surface area contributed by atoms with Crippen molar-refractivity contribution in [3.63, 3.8) is 0 Å². The van der Waals surface area contributed by atoms with E-state index in [0.29, 0.717) is 0 Å².